The molecule has 0 saturated carbocycles. The van der Waals surface area contributed by atoms with E-state index in [0.29, 0.717) is 6.54 Å². The van der Waals surface area contributed by atoms with E-state index in [2.05, 4.69) is 34.5 Å². The van der Waals surface area contributed by atoms with Crippen molar-refractivity contribution < 1.29 is 9.53 Å². The van der Waals surface area contributed by atoms with Gasteiger partial charge in [-0.3, -0.25) is 4.79 Å². The minimum Gasteiger partial charge on any atom is -0.497 e. The third kappa shape index (κ3) is 4.73. The van der Waals surface area contributed by atoms with Crippen molar-refractivity contribution >= 4 is 23.4 Å². The Kier molecular flexibility index (Phi) is 6.45. The fourth-order valence-corrected chi connectivity index (χ4v) is 4.07. The van der Waals surface area contributed by atoms with Crippen LogP contribution in [0.1, 0.15) is 18.9 Å². The number of thioether (sulfide) groups is 1. The Balaban J connectivity index is 1.38. The van der Waals surface area contributed by atoms with Gasteiger partial charge < -0.3 is 15.0 Å². The molecule has 138 valence electrons. The first-order valence-corrected chi connectivity index (χ1v) is 9.96. The maximum atomic E-state index is 12.3. The monoisotopic (exact) mass is 370 g/mol. The van der Waals surface area contributed by atoms with Crippen LogP contribution in [0.25, 0.3) is 0 Å². The van der Waals surface area contributed by atoms with Gasteiger partial charge in [0.1, 0.15) is 5.75 Å². The normalized spacial score (nSPS) is 14.0. The zero-order chi connectivity index (χ0) is 18.4. The van der Waals surface area contributed by atoms with Gasteiger partial charge in [0.15, 0.2) is 0 Å². The highest BCUT2D eigenvalue weighted by atomic mass is 32.2. The summed E-state index contributed by atoms with van der Waals surface area (Å²) in [6, 6.07) is 16.4. The lowest BCUT2D eigenvalue weighted by atomic mass is 10.2. The number of carbonyl (C=O) groups is 1. The molecule has 1 amide bonds. The topological polar surface area (TPSA) is 41.6 Å². The van der Waals surface area contributed by atoms with E-state index in [9.17, 15) is 4.79 Å². The number of nitrogens with zero attached hydrogens (tertiary/aromatic N) is 1. The number of methoxy groups -OCH3 is 1. The third-order valence-corrected chi connectivity index (χ3v) is 5.74. The molecule has 0 radical (unpaired) electrons. The first-order valence-electron chi connectivity index (χ1n) is 9.08. The molecule has 0 bridgehead atoms. The number of amides is 1. The summed E-state index contributed by atoms with van der Waals surface area (Å²) >= 11 is 1.57. The second-order valence-electron chi connectivity index (χ2n) is 6.45. The number of para-hydroxylation sites is 1. The second-order valence-corrected chi connectivity index (χ2v) is 7.86. The minimum atomic E-state index is -0.115. The van der Waals surface area contributed by atoms with Crippen LogP contribution >= 0.6 is 11.8 Å². The number of hydrogen-bond acceptors (Lipinski definition) is 4. The summed E-state index contributed by atoms with van der Waals surface area (Å²) in [6.45, 7) is 4.72. The van der Waals surface area contributed by atoms with Crippen LogP contribution in [0.4, 0.5) is 5.69 Å². The molecule has 0 spiro atoms. The number of ether oxygens (including phenoxy) is 1. The highest BCUT2D eigenvalue weighted by molar-refractivity contribution is 8.00. The molecule has 3 rings (SSSR count). The van der Waals surface area contributed by atoms with Crippen LogP contribution in [0.3, 0.4) is 0 Å². The molecule has 1 aliphatic heterocycles. The van der Waals surface area contributed by atoms with Crippen molar-refractivity contribution in [2.75, 3.05) is 31.6 Å². The van der Waals surface area contributed by atoms with E-state index in [1.165, 1.54) is 11.3 Å². The predicted octanol–water partition coefficient (Wildman–Crippen LogP) is 3.74. The van der Waals surface area contributed by atoms with E-state index in [0.717, 1.165) is 36.6 Å². The fraction of sp³-hybridized carbons (Fsp3) is 0.381. The van der Waals surface area contributed by atoms with Crippen molar-refractivity contribution in [2.24, 2.45) is 0 Å². The van der Waals surface area contributed by atoms with Gasteiger partial charge in [0.2, 0.25) is 5.91 Å². The highest BCUT2D eigenvalue weighted by Gasteiger charge is 2.18. The number of carbonyl (C=O) groups excluding carboxylic acids is 1. The molecule has 0 unspecified atom stereocenters. The zero-order valence-corrected chi connectivity index (χ0v) is 16.2. The predicted molar refractivity (Wildman–Crippen MR) is 108 cm³/mol. The fourth-order valence-electron chi connectivity index (χ4n) is 3.18. The summed E-state index contributed by atoms with van der Waals surface area (Å²) in [5.74, 6) is 0.919. The maximum absolute atomic E-state index is 12.3. The van der Waals surface area contributed by atoms with Gasteiger partial charge in [0.05, 0.1) is 12.4 Å². The van der Waals surface area contributed by atoms with Gasteiger partial charge in [-0.15, -0.1) is 11.8 Å². The van der Waals surface area contributed by atoms with Crippen LogP contribution in [0.15, 0.2) is 53.4 Å². The Morgan fingerprint density at radius 3 is 2.77 bits per heavy atom. The summed E-state index contributed by atoms with van der Waals surface area (Å²) in [7, 11) is 1.65. The number of fused-ring (bicyclic) bond motifs is 1. The standard InChI is InChI=1S/C21H26N2O2S/c1-16(26-19-10-8-18(25-2)9-11-19)21(24)22-13-5-14-23-15-12-17-6-3-4-7-20(17)23/h3-4,6-11,16H,5,12-15H2,1-2H3,(H,22,24)/t16-/m1/s1. The average Bonchev–Trinajstić information content (AvgIpc) is 3.09. The first-order chi connectivity index (χ1) is 12.7. The number of nitrogens with one attached hydrogen (secondary N) is 1. The largest absolute Gasteiger partial charge is 0.497 e. The molecule has 1 aliphatic rings. The van der Waals surface area contributed by atoms with Gasteiger partial charge in [0.25, 0.3) is 0 Å². The van der Waals surface area contributed by atoms with E-state index in [4.69, 9.17) is 4.74 Å². The van der Waals surface area contributed by atoms with E-state index < -0.39 is 0 Å². The number of benzene rings is 2. The van der Waals surface area contributed by atoms with Crippen LogP contribution in [0.2, 0.25) is 0 Å². The molecule has 2 aromatic rings. The minimum absolute atomic E-state index is 0.0904. The molecule has 1 heterocycles. The van der Waals surface area contributed by atoms with Gasteiger partial charge in [0, 0.05) is 30.2 Å². The van der Waals surface area contributed by atoms with Gasteiger partial charge >= 0.3 is 0 Å². The van der Waals surface area contributed by atoms with Crippen molar-refractivity contribution in [3.63, 3.8) is 0 Å². The van der Waals surface area contributed by atoms with Crippen molar-refractivity contribution in [3.8, 4) is 5.75 Å². The number of hydrogen-bond donors (Lipinski definition) is 1. The lowest BCUT2D eigenvalue weighted by Crippen LogP contribution is -2.33. The third-order valence-electron chi connectivity index (χ3n) is 4.63. The van der Waals surface area contributed by atoms with Gasteiger partial charge in [-0.05, 0) is 55.7 Å². The molecule has 0 aromatic heterocycles. The van der Waals surface area contributed by atoms with Crippen molar-refractivity contribution in [3.05, 3.63) is 54.1 Å². The molecule has 1 N–H and O–H groups in total. The zero-order valence-electron chi connectivity index (χ0n) is 15.4. The van der Waals surface area contributed by atoms with Crippen LogP contribution in [-0.4, -0.2) is 37.9 Å². The van der Waals surface area contributed by atoms with E-state index in [1.54, 1.807) is 18.9 Å². The average molecular weight is 371 g/mol. The molecule has 26 heavy (non-hydrogen) atoms. The Morgan fingerprint density at radius 2 is 2.00 bits per heavy atom. The maximum Gasteiger partial charge on any atom is 0.233 e. The summed E-state index contributed by atoms with van der Waals surface area (Å²) in [6.07, 6.45) is 2.08. The lowest BCUT2D eigenvalue weighted by molar-refractivity contribution is -0.120. The Morgan fingerprint density at radius 1 is 1.23 bits per heavy atom. The summed E-state index contributed by atoms with van der Waals surface area (Å²) in [4.78, 5) is 15.8. The second kappa shape index (κ2) is 8.99. The first kappa shape index (κ1) is 18.6. The quantitative estimate of drug-likeness (QED) is 0.568. The van der Waals surface area contributed by atoms with Crippen molar-refractivity contribution in [1.82, 2.24) is 5.32 Å². The smallest absolute Gasteiger partial charge is 0.233 e. The molecule has 4 nitrogen and oxygen atoms in total. The summed E-state index contributed by atoms with van der Waals surface area (Å²) in [5.41, 5.74) is 2.78. The Bertz CT molecular complexity index is 733. The number of anilines is 1. The van der Waals surface area contributed by atoms with Gasteiger partial charge in [-0.1, -0.05) is 18.2 Å². The SMILES string of the molecule is COc1ccc(S[C@H](C)C(=O)NCCCN2CCc3ccccc32)cc1. The van der Waals surface area contributed by atoms with Gasteiger partial charge in [-0.25, -0.2) is 0 Å². The van der Waals surface area contributed by atoms with Crippen molar-refractivity contribution in [2.45, 2.75) is 29.9 Å². The molecule has 1 atom stereocenters. The molecule has 0 aliphatic carbocycles. The van der Waals surface area contributed by atoms with Crippen LogP contribution in [0.5, 0.6) is 5.75 Å². The number of rotatable bonds is 8. The summed E-state index contributed by atoms with van der Waals surface area (Å²) < 4.78 is 5.16. The molecular weight excluding hydrogens is 344 g/mol. The Labute approximate surface area is 159 Å². The van der Waals surface area contributed by atoms with Crippen LogP contribution in [-0.2, 0) is 11.2 Å². The summed E-state index contributed by atoms with van der Waals surface area (Å²) in [5, 5.41) is 2.95. The van der Waals surface area contributed by atoms with Crippen molar-refractivity contribution in [1.29, 1.82) is 0 Å². The molecular formula is C21H26N2O2S. The van der Waals surface area contributed by atoms with E-state index in [-0.39, 0.29) is 11.2 Å². The molecule has 0 saturated heterocycles. The highest BCUT2D eigenvalue weighted by Crippen LogP contribution is 2.27. The molecule has 2 aromatic carbocycles. The lowest BCUT2D eigenvalue weighted by Gasteiger charge is -2.19. The van der Waals surface area contributed by atoms with E-state index >= 15 is 0 Å². The molecule has 5 heteroatoms. The van der Waals surface area contributed by atoms with E-state index in [1.807, 2.05) is 31.2 Å². The molecule has 0 fully saturated rings. The van der Waals surface area contributed by atoms with Gasteiger partial charge in [-0.2, -0.15) is 0 Å². The van der Waals surface area contributed by atoms with Crippen LogP contribution < -0.4 is 15.0 Å². The van der Waals surface area contributed by atoms with Crippen LogP contribution in [0, 0.1) is 0 Å². The Hall–Kier alpha value is -2.14.